The Bertz CT molecular complexity index is 298. The summed E-state index contributed by atoms with van der Waals surface area (Å²) in [4.78, 5) is 11.3. The molecule has 0 aromatic rings. The third kappa shape index (κ3) is 3.21. The first-order valence-corrected chi connectivity index (χ1v) is 6.81. The number of hydrogen-bond acceptors (Lipinski definition) is 3. The Kier molecular flexibility index (Phi) is 5.11. The molecule has 0 spiro atoms. The highest BCUT2D eigenvalue weighted by Crippen LogP contribution is 2.32. The summed E-state index contributed by atoms with van der Waals surface area (Å²) in [6, 6.07) is 0. The fourth-order valence-corrected chi connectivity index (χ4v) is 2.25. The van der Waals surface area contributed by atoms with Crippen LogP contribution in [-0.2, 0) is 14.3 Å². The lowest BCUT2D eigenvalue weighted by atomic mass is 9.81. The maximum Gasteiger partial charge on any atom is 0.168 e. The van der Waals surface area contributed by atoms with Crippen LogP contribution in [0.15, 0.2) is 12.2 Å². The number of ether oxygens (including phenoxy) is 2. The molecule has 0 bridgehead atoms. The van der Waals surface area contributed by atoms with E-state index in [2.05, 4.69) is 20.4 Å². The largest absolute Gasteiger partial charge is 0.379 e. The fourth-order valence-electron chi connectivity index (χ4n) is 2.25. The lowest BCUT2D eigenvalue weighted by molar-refractivity contribution is -0.151. The van der Waals surface area contributed by atoms with Crippen LogP contribution in [0.5, 0.6) is 0 Å². The Morgan fingerprint density at radius 2 is 1.78 bits per heavy atom. The second kappa shape index (κ2) is 5.98. The molecule has 0 atom stereocenters. The maximum atomic E-state index is 11.3. The van der Waals surface area contributed by atoms with Crippen molar-refractivity contribution in [3.8, 4) is 0 Å². The molecule has 3 heteroatoms. The summed E-state index contributed by atoms with van der Waals surface area (Å²) in [7, 11) is 0. The molecular formula is C15H26O3. The van der Waals surface area contributed by atoms with Crippen LogP contribution in [0.25, 0.3) is 0 Å². The van der Waals surface area contributed by atoms with Gasteiger partial charge in [-0.2, -0.15) is 0 Å². The van der Waals surface area contributed by atoms with E-state index in [0.29, 0.717) is 24.4 Å². The quantitative estimate of drug-likeness (QED) is 0.723. The molecule has 0 saturated carbocycles. The molecule has 18 heavy (non-hydrogen) atoms. The summed E-state index contributed by atoms with van der Waals surface area (Å²) in [5.41, 5.74) is 0.678. The third-order valence-electron chi connectivity index (χ3n) is 4.03. The van der Waals surface area contributed by atoms with Crippen LogP contribution in [-0.4, -0.2) is 31.2 Å². The molecule has 2 saturated heterocycles. The van der Waals surface area contributed by atoms with E-state index in [9.17, 15) is 4.79 Å². The molecule has 2 heterocycles. The minimum atomic E-state index is -0.258. The topological polar surface area (TPSA) is 35.5 Å². The molecule has 2 fully saturated rings. The van der Waals surface area contributed by atoms with Crippen molar-refractivity contribution in [3.63, 3.8) is 0 Å². The number of hydrogen-bond donors (Lipinski definition) is 0. The highest BCUT2D eigenvalue weighted by atomic mass is 16.5. The predicted molar refractivity (Wildman–Crippen MR) is 72.6 cm³/mol. The second-order valence-electron chi connectivity index (χ2n) is 5.65. The Balaban J connectivity index is 0.000000184. The predicted octanol–water partition coefficient (Wildman–Crippen LogP) is 3.13. The number of carbonyl (C=O) groups is 1. The minimum Gasteiger partial charge on any atom is -0.379 e. The van der Waals surface area contributed by atoms with Crippen LogP contribution in [0, 0.1) is 5.41 Å². The molecule has 0 radical (unpaired) electrons. The summed E-state index contributed by atoms with van der Waals surface area (Å²) in [5, 5.41) is 0. The molecule has 3 nitrogen and oxygen atoms in total. The molecule has 104 valence electrons. The Morgan fingerprint density at radius 1 is 1.28 bits per heavy atom. The summed E-state index contributed by atoms with van der Waals surface area (Å²) in [6.07, 6.45) is 3.65. The van der Waals surface area contributed by atoms with Gasteiger partial charge < -0.3 is 9.47 Å². The second-order valence-corrected chi connectivity index (χ2v) is 5.65. The average molecular weight is 254 g/mol. The molecule has 0 amide bonds. The van der Waals surface area contributed by atoms with E-state index in [0.717, 1.165) is 6.61 Å². The summed E-state index contributed by atoms with van der Waals surface area (Å²) in [5.74, 6) is 0.138. The molecule has 0 N–H and O–H groups in total. The molecule has 0 aromatic carbocycles. The summed E-state index contributed by atoms with van der Waals surface area (Å²) >= 11 is 0. The van der Waals surface area contributed by atoms with Gasteiger partial charge in [0.1, 0.15) is 0 Å². The molecule has 0 unspecified atom stereocenters. The van der Waals surface area contributed by atoms with Crippen molar-refractivity contribution in [2.75, 3.05) is 19.8 Å². The van der Waals surface area contributed by atoms with E-state index >= 15 is 0 Å². The van der Waals surface area contributed by atoms with Gasteiger partial charge in [0.05, 0.1) is 30.8 Å². The van der Waals surface area contributed by atoms with Crippen molar-refractivity contribution < 1.29 is 14.3 Å². The van der Waals surface area contributed by atoms with Crippen LogP contribution < -0.4 is 0 Å². The van der Waals surface area contributed by atoms with E-state index in [1.165, 1.54) is 19.3 Å². The van der Waals surface area contributed by atoms with E-state index in [-0.39, 0.29) is 11.2 Å². The molecule has 2 aliphatic heterocycles. The standard InChI is InChI=1S/C8H12O2.C7H14O/c1-6(2)7(9)8(3)4-10-5-8;1-3-7(4-2)5-6-8-7/h1,4-5H2,2-3H3;3-6H2,1-2H3. The molecule has 2 aliphatic rings. The van der Waals surface area contributed by atoms with Crippen molar-refractivity contribution in [3.05, 3.63) is 12.2 Å². The van der Waals surface area contributed by atoms with Gasteiger partial charge in [0.15, 0.2) is 5.78 Å². The van der Waals surface area contributed by atoms with Crippen molar-refractivity contribution in [1.82, 2.24) is 0 Å². The van der Waals surface area contributed by atoms with Crippen molar-refractivity contribution in [2.45, 2.75) is 52.6 Å². The first-order valence-electron chi connectivity index (χ1n) is 6.81. The van der Waals surface area contributed by atoms with E-state index in [4.69, 9.17) is 9.47 Å². The normalized spacial score (nSPS) is 22.9. The van der Waals surface area contributed by atoms with Crippen molar-refractivity contribution in [1.29, 1.82) is 0 Å². The zero-order chi connectivity index (χ0) is 13.8. The summed E-state index contributed by atoms with van der Waals surface area (Å²) in [6.45, 7) is 13.7. The lowest BCUT2D eigenvalue weighted by Crippen LogP contribution is -2.46. The van der Waals surface area contributed by atoms with Gasteiger partial charge in [-0.05, 0) is 38.7 Å². The number of allylic oxidation sites excluding steroid dienone is 1. The van der Waals surface area contributed by atoms with Crippen molar-refractivity contribution >= 4 is 5.78 Å². The molecular weight excluding hydrogens is 228 g/mol. The van der Waals surface area contributed by atoms with Crippen LogP contribution in [0.2, 0.25) is 0 Å². The van der Waals surface area contributed by atoms with Crippen LogP contribution >= 0.6 is 0 Å². The van der Waals surface area contributed by atoms with Gasteiger partial charge in [0.2, 0.25) is 0 Å². The smallest absolute Gasteiger partial charge is 0.168 e. The minimum absolute atomic E-state index is 0.138. The van der Waals surface area contributed by atoms with Gasteiger partial charge in [-0.3, -0.25) is 4.79 Å². The monoisotopic (exact) mass is 254 g/mol. The number of ketones is 1. The molecule has 0 aliphatic carbocycles. The Morgan fingerprint density at radius 3 is 1.83 bits per heavy atom. The van der Waals surface area contributed by atoms with Gasteiger partial charge in [0.25, 0.3) is 0 Å². The molecule has 0 aromatic heterocycles. The molecule has 2 rings (SSSR count). The zero-order valence-electron chi connectivity index (χ0n) is 12.2. The number of Topliss-reactive ketones (excluding diaryl/α,β-unsaturated/α-hetero) is 1. The number of rotatable bonds is 4. The Hall–Kier alpha value is -0.670. The number of carbonyl (C=O) groups excluding carboxylic acids is 1. The van der Waals surface area contributed by atoms with Gasteiger partial charge in [-0.25, -0.2) is 0 Å². The van der Waals surface area contributed by atoms with Crippen LogP contribution in [0.3, 0.4) is 0 Å². The van der Waals surface area contributed by atoms with Gasteiger partial charge in [-0.15, -0.1) is 0 Å². The highest BCUT2D eigenvalue weighted by Gasteiger charge is 2.40. The fraction of sp³-hybridized carbons (Fsp3) is 0.800. The van der Waals surface area contributed by atoms with Gasteiger partial charge >= 0.3 is 0 Å². The third-order valence-corrected chi connectivity index (χ3v) is 4.03. The van der Waals surface area contributed by atoms with E-state index < -0.39 is 0 Å². The SMILES string of the molecule is C=C(C)C(=O)C1(C)COC1.CCC1(CC)CCO1. The van der Waals surface area contributed by atoms with E-state index in [1.54, 1.807) is 6.92 Å². The van der Waals surface area contributed by atoms with Crippen LogP contribution in [0.1, 0.15) is 47.0 Å². The first kappa shape index (κ1) is 15.4. The maximum absolute atomic E-state index is 11.3. The van der Waals surface area contributed by atoms with Crippen LogP contribution in [0.4, 0.5) is 0 Å². The van der Waals surface area contributed by atoms with Crippen molar-refractivity contribution in [2.24, 2.45) is 5.41 Å². The van der Waals surface area contributed by atoms with Gasteiger partial charge in [0, 0.05) is 0 Å². The Labute approximate surface area is 111 Å². The summed E-state index contributed by atoms with van der Waals surface area (Å²) < 4.78 is 10.4. The highest BCUT2D eigenvalue weighted by molar-refractivity contribution is 5.99. The first-order chi connectivity index (χ1) is 8.39. The zero-order valence-corrected chi connectivity index (χ0v) is 12.2. The average Bonchev–Trinajstić information content (AvgIpc) is 2.26. The van der Waals surface area contributed by atoms with Gasteiger partial charge in [-0.1, -0.05) is 20.4 Å². The van der Waals surface area contributed by atoms with E-state index in [1.807, 2.05) is 6.92 Å². The lowest BCUT2D eigenvalue weighted by Gasteiger charge is -2.40.